The van der Waals surface area contributed by atoms with Crippen LogP contribution in [0, 0.1) is 5.82 Å². The van der Waals surface area contributed by atoms with E-state index >= 15 is 0 Å². The Morgan fingerprint density at radius 2 is 1.95 bits per heavy atom. The van der Waals surface area contributed by atoms with E-state index < -0.39 is 23.7 Å². The number of nitrogens with zero attached hydrogens (tertiary/aromatic N) is 1. The lowest BCUT2D eigenvalue weighted by Crippen LogP contribution is -2.08. The standard InChI is InChI=1S/C15H11F4NO/c16-13-5-8(1-3-12(13)15(17,18)19)10-6-20-7-11-9(10)2-4-14(11)21/h1,3,5-7,14,21H,2,4H2. The van der Waals surface area contributed by atoms with E-state index in [4.69, 9.17) is 0 Å². The van der Waals surface area contributed by atoms with Gasteiger partial charge in [0, 0.05) is 23.5 Å². The molecule has 1 heterocycles. The summed E-state index contributed by atoms with van der Waals surface area (Å²) in [6.45, 7) is 0. The Kier molecular flexibility index (Phi) is 3.20. The molecule has 1 N–H and O–H groups in total. The van der Waals surface area contributed by atoms with Crippen molar-refractivity contribution in [3.05, 3.63) is 53.1 Å². The van der Waals surface area contributed by atoms with Crippen molar-refractivity contribution in [2.24, 2.45) is 0 Å². The van der Waals surface area contributed by atoms with Crippen molar-refractivity contribution < 1.29 is 22.7 Å². The molecular formula is C15H11F4NO. The van der Waals surface area contributed by atoms with E-state index in [1.165, 1.54) is 18.5 Å². The van der Waals surface area contributed by atoms with Crippen LogP contribution in [0.15, 0.2) is 30.6 Å². The zero-order valence-corrected chi connectivity index (χ0v) is 10.8. The fourth-order valence-electron chi connectivity index (χ4n) is 2.67. The molecule has 1 atom stereocenters. The fraction of sp³-hybridized carbons (Fsp3) is 0.267. The summed E-state index contributed by atoms with van der Waals surface area (Å²) in [4.78, 5) is 3.98. The van der Waals surface area contributed by atoms with Gasteiger partial charge in [0.1, 0.15) is 5.82 Å². The molecular weight excluding hydrogens is 286 g/mol. The van der Waals surface area contributed by atoms with Gasteiger partial charge in [0.05, 0.1) is 11.7 Å². The number of aromatic nitrogens is 1. The smallest absolute Gasteiger partial charge is 0.388 e. The Labute approximate surface area is 118 Å². The van der Waals surface area contributed by atoms with Crippen LogP contribution >= 0.6 is 0 Å². The van der Waals surface area contributed by atoms with Gasteiger partial charge in [-0.05, 0) is 36.1 Å². The summed E-state index contributed by atoms with van der Waals surface area (Å²) < 4.78 is 51.4. The molecule has 1 aliphatic rings. The highest BCUT2D eigenvalue weighted by Crippen LogP contribution is 2.38. The molecule has 0 aliphatic heterocycles. The molecule has 0 saturated heterocycles. The number of aliphatic hydroxyl groups is 1. The van der Waals surface area contributed by atoms with Gasteiger partial charge >= 0.3 is 6.18 Å². The van der Waals surface area contributed by atoms with Crippen molar-refractivity contribution in [3.8, 4) is 11.1 Å². The number of hydrogen-bond acceptors (Lipinski definition) is 2. The van der Waals surface area contributed by atoms with Gasteiger partial charge in [0.15, 0.2) is 0 Å². The van der Waals surface area contributed by atoms with Crippen LogP contribution in [0.25, 0.3) is 11.1 Å². The van der Waals surface area contributed by atoms with E-state index in [2.05, 4.69) is 4.98 Å². The molecule has 0 spiro atoms. The molecule has 1 aromatic heterocycles. The highest BCUT2D eigenvalue weighted by atomic mass is 19.4. The average molecular weight is 297 g/mol. The molecule has 0 fully saturated rings. The molecule has 0 saturated carbocycles. The monoisotopic (exact) mass is 297 g/mol. The number of halogens is 4. The maximum atomic E-state index is 13.7. The Morgan fingerprint density at radius 1 is 1.19 bits per heavy atom. The molecule has 1 aromatic carbocycles. The molecule has 3 rings (SSSR count). The molecule has 0 radical (unpaired) electrons. The molecule has 1 unspecified atom stereocenters. The SMILES string of the molecule is OC1CCc2c(-c3ccc(C(F)(F)F)c(F)c3)cncc21. The maximum Gasteiger partial charge on any atom is 0.419 e. The molecule has 0 bridgehead atoms. The topological polar surface area (TPSA) is 33.1 Å². The molecule has 21 heavy (non-hydrogen) atoms. The first kappa shape index (κ1) is 14.0. The minimum atomic E-state index is -4.71. The summed E-state index contributed by atoms with van der Waals surface area (Å²) in [5.41, 5.74) is 1.09. The lowest BCUT2D eigenvalue weighted by Gasteiger charge is -2.12. The minimum absolute atomic E-state index is 0.332. The van der Waals surface area contributed by atoms with Gasteiger partial charge in [-0.15, -0.1) is 0 Å². The number of hydrogen-bond donors (Lipinski definition) is 1. The van der Waals surface area contributed by atoms with Crippen LogP contribution in [0.4, 0.5) is 17.6 Å². The summed E-state index contributed by atoms with van der Waals surface area (Å²) in [6, 6.07) is 2.83. The van der Waals surface area contributed by atoms with Crippen LogP contribution < -0.4 is 0 Å². The van der Waals surface area contributed by atoms with Crippen molar-refractivity contribution in [2.75, 3.05) is 0 Å². The zero-order valence-electron chi connectivity index (χ0n) is 10.8. The predicted molar refractivity (Wildman–Crippen MR) is 67.9 cm³/mol. The van der Waals surface area contributed by atoms with E-state index in [-0.39, 0.29) is 0 Å². The number of fused-ring (bicyclic) bond motifs is 1. The van der Waals surface area contributed by atoms with Crippen molar-refractivity contribution in [1.82, 2.24) is 4.98 Å². The summed E-state index contributed by atoms with van der Waals surface area (Å²) in [6.07, 6.45) is -1.17. The highest BCUT2D eigenvalue weighted by Gasteiger charge is 2.34. The first-order valence-electron chi connectivity index (χ1n) is 6.40. The fourth-order valence-corrected chi connectivity index (χ4v) is 2.67. The van der Waals surface area contributed by atoms with Crippen LogP contribution in [0.3, 0.4) is 0 Å². The highest BCUT2D eigenvalue weighted by molar-refractivity contribution is 5.69. The van der Waals surface area contributed by atoms with Crippen LogP contribution in [0.2, 0.25) is 0 Å². The van der Waals surface area contributed by atoms with E-state index in [1.807, 2.05) is 0 Å². The predicted octanol–water partition coefficient (Wildman–Crippen LogP) is 3.89. The van der Waals surface area contributed by atoms with E-state index in [0.717, 1.165) is 17.7 Å². The van der Waals surface area contributed by atoms with Gasteiger partial charge in [-0.3, -0.25) is 4.98 Å². The van der Waals surface area contributed by atoms with Gasteiger partial charge in [-0.2, -0.15) is 13.2 Å². The zero-order chi connectivity index (χ0) is 15.2. The number of benzene rings is 1. The Morgan fingerprint density at radius 3 is 2.62 bits per heavy atom. The lowest BCUT2D eigenvalue weighted by molar-refractivity contribution is -0.139. The van der Waals surface area contributed by atoms with Gasteiger partial charge in [0.25, 0.3) is 0 Å². The van der Waals surface area contributed by atoms with Gasteiger partial charge in [-0.25, -0.2) is 4.39 Å². The van der Waals surface area contributed by atoms with E-state index in [9.17, 15) is 22.7 Å². The van der Waals surface area contributed by atoms with E-state index in [0.29, 0.717) is 29.5 Å². The van der Waals surface area contributed by atoms with Crippen LogP contribution in [-0.4, -0.2) is 10.1 Å². The van der Waals surface area contributed by atoms with Gasteiger partial charge in [-0.1, -0.05) is 6.07 Å². The van der Waals surface area contributed by atoms with Crippen LogP contribution in [0.5, 0.6) is 0 Å². The van der Waals surface area contributed by atoms with Crippen molar-refractivity contribution in [1.29, 1.82) is 0 Å². The third kappa shape index (κ3) is 2.40. The second-order valence-electron chi connectivity index (χ2n) is 5.00. The third-order valence-electron chi connectivity index (χ3n) is 3.70. The largest absolute Gasteiger partial charge is 0.419 e. The summed E-state index contributed by atoms with van der Waals surface area (Å²) in [7, 11) is 0. The summed E-state index contributed by atoms with van der Waals surface area (Å²) in [5.74, 6) is -1.31. The maximum absolute atomic E-state index is 13.7. The average Bonchev–Trinajstić information content (AvgIpc) is 2.79. The molecule has 110 valence electrons. The van der Waals surface area contributed by atoms with Crippen molar-refractivity contribution in [2.45, 2.75) is 25.1 Å². The number of rotatable bonds is 1. The first-order valence-corrected chi connectivity index (χ1v) is 6.40. The normalized spacial score (nSPS) is 17.9. The molecule has 1 aliphatic carbocycles. The van der Waals surface area contributed by atoms with E-state index in [1.54, 1.807) is 0 Å². The summed E-state index contributed by atoms with van der Waals surface area (Å²) >= 11 is 0. The summed E-state index contributed by atoms with van der Waals surface area (Å²) in [5, 5.41) is 9.80. The number of pyridine rings is 1. The molecule has 2 aromatic rings. The molecule has 2 nitrogen and oxygen atoms in total. The second kappa shape index (κ2) is 4.80. The molecule has 6 heteroatoms. The minimum Gasteiger partial charge on any atom is -0.388 e. The second-order valence-corrected chi connectivity index (χ2v) is 5.00. The Hall–Kier alpha value is -1.95. The van der Waals surface area contributed by atoms with Crippen molar-refractivity contribution in [3.63, 3.8) is 0 Å². The third-order valence-corrected chi connectivity index (χ3v) is 3.70. The number of aliphatic hydroxyl groups excluding tert-OH is 1. The number of alkyl halides is 3. The van der Waals surface area contributed by atoms with Crippen LogP contribution in [-0.2, 0) is 12.6 Å². The first-order chi connectivity index (χ1) is 9.88. The molecule has 0 amide bonds. The van der Waals surface area contributed by atoms with Gasteiger partial charge < -0.3 is 5.11 Å². The van der Waals surface area contributed by atoms with Gasteiger partial charge in [0.2, 0.25) is 0 Å². The Balaban J connectivity index is 2.09. The lowest BCUT2D eigenvalue weighted by atomic mass is 9.98. The van der Waals surface area contributed by atoms with Crippen molar-refractivity contribution >= 4 is 0 Å². The van der Waals surface area contributed by atoms with Crippen LogP contribution in [0.1, 0.15) is 29.2 Å². The quantitative estimate of drug-likeness (QED) is 0.810. The Bertz CT molecular complexity index is 697.